The first kappa shape index (κ1) is 16.6. The Morgan fingerprint density at radius 1 is 1.38 bits per heavy atom. The lowest BCUT2D eigenvalue weighted by atomic mass is 10.1. The first-order valence-corrected chi connectivity index (χ1v) is 8.94. The summed E-state index contributed by atoms with van der Waals surface area (Å²) in [4.78, 5) is 15.7. The summed E-state index contributed by atoms with van der Waals surface area (Å²) in [5.74, 6) is 1.45. The highest BCUT2D eigenvalue weighted by Gasteiger charge is 2.22. The van der Waals surface area contributed by atoms with Gasteiger partial charge in [-0.1, -0.05) is 18.2 Å². The molecular formula is C18H22N2O3S. The molecule has 1 aromatic carbocycles. The second-order valence-corrected chi connectivity index (χ2v) is 6.74. The van der Waals surface area contributed by atoms with Crippen LogP contribution in [-0.4, -0.2) is 31.2 Å². The van der Waals surface area contributed by atoms with Crippen LogP contribution in [0.3, 0.4) is 0 Å². The maximum absolute atomic E-state index is 12.7. The summed E-state index contributed by atoms with van der Waals surface area (Å²) in [5, 5.41) is 5.11. The van der Waals surface area contributed by atoms with Crippen LogP contribution in [0.4, 0.5) is 4.79 Å². The van der Waals surface area contributed by atoms with Crippen molar-refractivity contribution in [3.05, 3.63) is 46.2 Å². The van der Waals surface area contributed by atoms with Gasteiger partial charge in [-0.3, -0.25) is 0 Å². The molecule has 0 aliphatic carbocycles. The smallest absolute Gasteiger partial charge is 0.318 e. The fourth-order valence-corrected chi connectivity index (χ4v) is 3.52. The lowest BCUT2D eigenvalue weighted by Crippen LogP contribution is -2.42. The number of fused-ring (bicyclic) bond motifs is 1. The van der Waals surface area contributed by atoms with Crippen LogP contribution in [0.15, 0.2) is 35.7 Å². The van der Waals surface area contributed by atoms with Gasteiger partial charge >= 0.3 is 6.03 Å². The number of carbonyl (C=O) groups is 1. The van der Waals surface area contributed by atoms with Crippen LogP contribution in [-0.2, 0) is 6.54 Å². The highest BCUT2D eigenvalue weighted by atomic mass is 32.1. The maximum atomic E-state index is 12.7. The van der Waals surface area contributed by atoms with Gasteiger partial charge in [0.15, 0.2) is 11.5 Å². The number of urea groups is 1. The molecular weight excluding hydrogens is 324 g/mol. The number of ether oxygens (including phenoxy) is 2. The Kier molecular flexibility index (Phi) is 5.25. The number of para-hydroxylation sites is 1. The standard InChI is InChI=1S/C18H22N2O3S/c1-13(16-8-4-11-24-16)19-18(21)20-9-5-10-23-17-14(12-20)6-3-7-15(17)22-2/h3-4,6-8,11,13H,5,9-10,12H2,1-2H3,(H,19,21). The summed E-state index contributed by atoms with van der Waals surface area (Å²) in [6.07, 6.45) is 0.790. The molecule has 1 aliphatic rings. The van der Waals surface area contributed by atoms with E-state index in [1.54, 1.807) is 18.4 Å². The second kappa shape index (κ2) is 7.57. The lowest BCUT2D eigenvalue weighted by molar-refractivity contribution is 0.177. The number of hydrogen-bond acceptors (Lipinski definition) is 4. The van der Waals surface area contributed by atoms with Crippen LogP contribution >= 0.6 is 11.3 Å². The van der Waals surface area contributed by atoms with E-state index in [-0.39, 0.29) is 12.1 Å². The van der Waals surface area contributed by atoms with E-state index in [0.717, 1.165) is 22.6 Å². The Balaban J connectivity index is 1.74. The van der Waals surface area contributed by atoms with Gasteiger partial charge in [-0.2, -0.15) is 0 Å². The summed E-state index contributed by atoms with van der Waals surface area (Å²) < 4.78 is 11.2. The molecule has 2 amide bonds. The maximum Gasteiger partial charge on any atom is 0.318 e. The highest BCUT2D eigenvalue weighted by Crippen LogP contribution is 2.33. The van der Waals surface area contributed by atoms with Gasteiger partial charge in [-0.25, -0.2) is 4.79 Å². The molecule has 6 heteroatoms. The van der Waals surface area contributed by atoms with E-state index in [1.165, 1.54) is 0 Å². The Labute approximate surface area is 146 Å². The molecule has 2 aromatic rings. The largest absolute Gasteiger partial charge is 0.493 e. The number of hydrogen-bond donors (Lipinski definition) is 1. The first-order valence-electron chi connectivity index (χ1n) is 8.06. The molecule has 0 bridgehead atoms. The molecule has 0 radical (unpaired) electrons. The molecule has 24 heavy (non-hydrogen) atoms. The monoisotopic (exact) mass is 346 g/mol. The third-order valence-electron chi connectivity index (χ3n) is 4.06. The van der Waals surface area contributed by atoms with Gasteiger partial charge in [0.25, 0.3) is 0 Å². The fourth-order valence-electron chi connectivity index (χ4n) is 2.78. The van der Waals surface area contributed by atoms with Crippen LogP contribution in [0.25, 0.3) is 0 Å². The molecule has 128 valence electrons. The van der Waals surface area contributed by atoms with Crippen molar-refractivity contribution in [3.63, 3.8) is 0 Å². The number of rotatable bonds is 3. The van der Waals surface area contributed by atoms with E-state index in [4.69, 9.17) is 9.47 Å². The minimum absolute atomic E-state index is 0.00368. The van der Waals surface area contributed by atoms with Crippen LogP contribution in [0.5, 0.6) is 11.5 Å². The van der Waals surface area contributed by atoms with Gasteiger partial charge < -0.3 is 19.7 Å². The molecule has 0 spiro atoms. The van der Waals surface area contributed by atoms with Crippen LogP contribution in [0.1, 0.15) is 29.8 Å². The number of amides is 2. The number of carbonyl (C=O) groups excluding carboxylic acids is 1. The van der Waals surface area contributed by atoms with Gasteiger partial charge in [-0.15, -0.1) is 11.3 Å². The van der Waals surface area contributed by atoms with Crippen LogP contribution < -0.4 is 14.8 Å². The Bertz CT molecular complexity index is 688. The molecule has 1 aliphatic heterocycles. The van der Waals surface area contributed by atoms with Crippen molar-refractivity contribution in [2.24, 2.45) is 0 Å². The van der Waals surface area contributed by atoms with Crippen LogP contribution in [0.2, 0.25) is 0 Å². The predicted octanol–water partition coefficient (Wildman–Crippen LogP) is 3.81. The first-order chi connectivity index (χ1) is 11.7. The minimum atomic E-state index is -0.0495. The van der Waals surface area contributed by atoms with E-state index >= 15 is 0 Å². The molecule has 0 saturated carbocycles. The summed E-state index contributed by atoms with van der Waals surface area (Å²) >= 11 is 1.65. The van der Waals surface area contributed by atoms with Gasteiger partial charge in [-0.05, 0) is 30.9 Å². The van der Waals surface area contributed by atoms with E-state index in [9.17, 15) is 4.79 Å². The molecule has 2 heterocycles. The molecule has 1 aromatic heterocycles. The molecule has 0 saturated heterocycles. The van der Waals surface area contributed by atoms with Gasteiger partial charge in [0.1, 0.15) is 0 Å². The summed E-state index contributed by atoms with van der Waals surface area (Å²) in [5.41, 5.74) is 0.966. The van der Waals surface area contributed by atoms with E-state index in [2.05, 4.69) is 5.32 Å². The number of thiophene rings is 1. The quantitative estimate of drug-likeness (QED) is 0.919. The molecule has 0 fully saturated rings. The summed E-state index contributed by atoms with van der Waals surface area (Å²) in [6.45, 7) is 3.75. The molecule has 1 atom stereocenters. The van der Waals surface area contributed by atoms with Crippen molar-refractivity contribution in [1.82, 2.24) is 10.2 Å². The SMILES string of the molecule is COc1cccc2c1OCCCN(C(=O)NC(C)c1cccs1)C2. The number of nitrogens with zero attached hydrogens (tertiary/aromatic N) is 1. The van der Waals surface area contributed by atoms with Crippen molar-refractivity contribution in [2.75, 3.05) is 20.3 Å². The van der Waals surface area contributed by atoms with Gasteiger partial charge in [0.2, 0.25) is 0 Å². The predicted molar refractivity (Wildman–Crippen MR) is 94.8 cm³/mol. The molecule has 1 N–H and O–H groups in total. The molecule has 3 rings (SSSR count). The third kappa shape index (κ3) is 3.64. The number of methoxy groups -OCH3 is 1. The number of benzene rings is 1. The van der Waals surface area contributed by atoms with Crippen molar-refractivity contribution < 1.29 is 14.3 Å². The van der Waals surface area contributed by atoms with Crippen molar-refractivity contribution >= 4 is 17.4 Å². The third-order valence-corrected chi connectivity index (χ3v) is 5.11. The van der Waals surface area contributed by atoms with Crippen LogP contribution in [0, 0.1) is 0 Å². The normalized spacial score (nSPS) is 15.5. The molecule has 5 nitrogen and oxygen atoms in total. The Morgan fingerprint density at radius 3 is 3.00 bits per heavy atom. The van der Waals surface area contributed by atoms with E-state index in [1.807, 2.05) is 47.5 Å². The second-order valence-electron chi connectivity index (χ2n) is 5.76. The molecule has 1 unspecified atom stereocenters. The Hall–Kier alpha value is -2.21. The topological polar surface area (TPSA) is 50.8 Å². The Morgan fingerprint density at radius 2 is 2.25 bits per heavy atom. The van der Waals surface area contributed by atoms with Crippen molar-refractivity contribution in [3.8, 4) is 11.5 Å². The summed E-state index contributed by atoms with van der Waals surface area (Å²) in [7, 11) is 1.63. The highest BCUT2D eigenvalue weighted by molar-refractivity contribution is 7.10. The average Bonchev–Trinajstić information content (AvgIpc) is 3.09. The van der Waals surface area contributed by atoms with Crippen molar-refractivity contribution in [2.45, 2.75) is 25.9 Å². The minimum Gasteiger partial charge on any atom is -0.493 e. The zero-order chi connectivity index (χ0) is 16.9. The zero-order valence-corrected chi connectivity index (χ0v) is 14.8. The zero-order valence-electron chi connectivity index (χ0n) is 14.0. The van der Waals surface area contributed by atoms with Gasteiger partial charge in [0.05, 0.1) is 26.3 Å². The van der Waals surface area contributed by atoms with E-state index < -0.39 is 0 Å². The summed E-state index contributed by atoms with van der Waals surface area (Å²) in [6, 6.07) is 9.77. The average molecular weight is 346 g/mol. The van der Waals surface area contributed by atoms with Crippen molar-refractivity contribution in [1.29, 1.82) is 0 Å². The lowest BCUT2D eigenvalue weighted by Gasteiger charge is -2.28. The number of nitrogens with one attached hydrogen (secondary N) is 1. The van der Waals surface area contributed by atoms with Gasteiger partial charge in [0, 0.05) is 17.0 Å². The van der Waals surface area contributed by atoms with E-state index in [0.29, 0.717) is 25.4 Å². The fraction of sp³-hybridized carbons (Fsp3) is 0.389.